The van der Waals surface area contributed by atoms with Gasteiger partial charge in [0.25, 0.3) is 5.91 Å². The summed E-state index contributed by atoms with van der Waals surface area (Å²) in [5.74, 6) is 1.08. The van der Waals surface area contributed by atoms with Gasteiger partial charge in [-0.2, -0.15) is 0 Å². The molecular formula is C14H16N2O3. The molecule has 0 saturated heterocycles. The Balaban J connectivity index is 2.18. The first kappa shape index (κ1) is 13.1. The molecule has 0 amide bonds. The summed E-state index contributed by atoms with van der Waals surface area (Å²) >= 11 is 0. The molecule has 2 rings (SSSR count). The van der Waals surface area contributed by atoms with Crippen molar-refractivity contribution >= 4 is 5.91 Å². The number of methoxy groups -OCH3 is 1. The Morgan fingerprint density at radius 1 is 1.32 bits per heavy atom. The van der Waals surface area contributed by atoms with Gasteiger partial charge in [0, 0.05) is 18.5 Å². The third-order valence-electron chi connectivity index (χ3n) is 2.67. The zero-order valence-electron chi connectivity index (χ0n) is 11.2. The lowest BCUT2D eigenvalue weighted by Gasteiger charge is -2.25. The van der Waals surface area contributed by atoms with Gasteiger partial charge in [-0.15, -0.1) is 0 Å². The summed E-state index contributed by atoms with van der Waals surface area (Å²) < 4.78 is 12.3. The van der Waals surface area contributed by atoms with E-state index in [2.05, 4.69) is 4.98 Å². The van der Waals surface area contributed by atoms with E-state index in [9.17, 15) is 4.79 Å². The standard InChI is InChI=1S/C14H16N2O3/c1-14(2,13(17)16-8-7-15-10-16)19-12-6-4-5-11(9-12)18-3/h4-10H,1-3H3. The molecule has 0 spiro atoms. The van der Waals surface area contributed by atoms with E-state index >= 15 is 0 Å². The number of hydrogen-bond donors (Lipinski definition) is 0. The smallest absolute Gasteiger partial charge is 0.275 e. The molecule has 5 nitrogen and oxygen atoms in total. The Bertz CT molecular complexity index is 562. The number of carbonyl (C=O) groups excluding carboxylic acids is 1. The SMILES string of the molecule is COc1cccc(OC(C)(C)C(=O)n2ccnc2)c1. The fourth-order valence-corrected chi connectivity index (χ4v) is 1.69. The van der Waals surface area contributed by atoms with Gasteiger partial charge >= 0.3 is 0 Å². The van der Waals surface area contributed by atoms with E-state index in [0.29, 0.717) is 11.5 Å². The minimum absolute atomic E-state index is 0.187. The lowest BCUT2D eigenvalue weighted by molar-refractivity contribution is 0.0487. The number of hydrogen-bond acceptors (Lipinski definition) is 4. The van der Waals surface area contributed by atoms with Gasteiger partial charge in [0.05, 0.1) is 7.11 Å². The predicted molar refractivity (Wildman–Crippen MR) is 70.6 cm³/mol. The summed E-state index contributed by atoms with van der Waals surface area (Å²) in [4.78, 5) is 16.1. The van der Waals surface area contributed by atoms with Crippen LogP contribution < -0.4 is 9.47 Å². The molecule has 1 aromatic carbocycles. The molecule has 2 aromatic rings. The Hall–Kier alpha value is -2.30. The highest BCUT2D eigenvalue weighted by molar-refractivity contribution is 5.86. The maximum absolute atomic E-state index is 12.3. The number of imidazole rings is 1. The zero-order chi connectivity index (χ0) is 13.9. The fourth-order valence-electron chi connectivity index (χ4n) is 1.69. The van der Waals surface area contributed by atoms with Gasteiger partial charge in [0.15, 0.2) is 5.60 Å². The molecule has 0 N–H and O–H groups in total. The predicted octanol–water partition coefficient (Wildman–Crippen LogP) is 2.39. The van der Waals surface area contributed by atoms with E-state index in [1.54, 1.807) is 45.5 Å². The first-order valence-corrected chi connectivity index (χ1v) is 5.89. The minimum Gasteiger partial charge on any atom is -0.497 e. The molecule has 0 bridgehead atoms. The molecule has 0 aliphatic carbocycles. The molecule has 0 unspecified atom stereocenters. The number of carbonyl (C=O) groups is 1. The quantitative estimate of drug-likeness (QED) is 0.847. The summed E-state index contributed by atoms with van der Waals surface area (Å²) in [7, 11) is 1.58. The van der Waals surface area contributed by atoms with Gasteiger partial charge in [-0.05, 0) is 26.0 Å². The normalized spacial score (nSPS) is 11.1. The Kier molecular flexibility index (Phi) is 3.55. The van der Waals surface area contributed by atoms with Crippen LogP contribution in [-0.2, 0) is 0 Å². The molecule has 0 saturated carbocycles. The molecule has 19 heavy (non-hydrogen) atoms. The third kappa shape index (κ3) is 2.93. The topological polar surface area (TPSA) is 53.4 Å². The van der Waals surface area contributed by atoms with E-state index in [1.807, 2.05) is 12.1 Å². The monoisotopic (exact) mass is 260 g/mol. The maximum Gasteiger partial charge on any atom is 0.275 e. The van der Waals surface area contributed by atoms with Crippen LogP contribution in [-0.4, -0.2) is 28.2 Å². The van der Waals surface area contributed by atoms with Crippen molar-refractivity contribution in [3.8, 4) is 11.5 Å². The Labute approximate surface area is 111 Å². The summed E-state index contributed by atoms with van der Waals surface area (Å²) in [6, 6.07) is 7.15. The minimum atomic E-state index is -0.993. The molecule has 1 aromatic heterocycles. The second kappa shape index (κ2) is 5.14. The first-order valence-electron chi connectivity index (χ1n) is 5.89. The lowest BCUT2D eigenvalue weighted by atomic mass is 10.1. The van der Waals surface area contributed by atoms with Crippen LogP contribution in [0.25, 0.3) is 0 Å². The highest BCUT2D eigenvalue weighted by Gasteiger charge is 2.31. The van der Waals surface area contributed by atoms with Crippen LogP contribution >= 0.6 is 0 Å². The fraction of sp³-hybridized carbons (Fsp3) is 0.286. The number of rotatable bonds is 4. The van der Waals surface area contributed by atoms with Crippen molar-refractivity contribution in [3.05, 3.63) is 43.0 Å². The van der Waals surface area contributed by atoms with Gasteiger partial charge in [0.1, 0.15) is 17.8 Å². The van der Waals surface area contributed by atoms with Gasteiger partial charge in [-0.1, -0.05) is 6.07 Å². The second-order valence-electron chi connectivity index (χ2n) is 4.57. The van der Waals surface area contributed by atoms with E-state index < -0.39 is 5.60 Å². The van der Waals surface area contributed by atoms with Crippen molar-refractivity contribution in [3.63, 3.8) is 0 Å². The molecule has 1 heterocycles. The summed E-state index contributed by atoms with van der Waals surface area (Å²) in [5, 5.41) is 0. The molecular weight excluding hydrogens is 244 g/mol. The number of benzene rings is 1. The van der Waals surface area contributed by atoms with Crippen LogP contribution in [0.4, 0.5) is 0 Å². The van der Waals surface area contributed by atoms with E-state index in [-0.39, 0.29) is 5.91 Å². The first-order chi connectivity index (χ1) is 9.03. The van der Waals surface area contributed by atoms with Crippen LogP contribution in [0.2, 0.25) is 0 Å². The highest BCUT2D eigenvalue weighted by atomic mass is 16.5. The van der Waals surface area contributed by atoms with Crippen molar-refractivity contribution in [2.45, 2.75) is 19.4 Å². The van der Waals surface area contributed by atoms with Crippen LogP contribution in [0.3, 0.4) is 0 Å². The van der Waals surface area contributed by atoms with Crippen LogP contribution in [0, 0.1) is 0 Å². The summed E-state index contributed by atoms with van der Waals surface area (Å²) in [6.45, 7) is 3.43. The molecule has 0 atom stereocenters. The van der Waals surface area contributed by atoms with Crippen molar-refractivity contribution in [2.24, 2.45) is 0 Å². The number of nitrogens with zero attached hydrogens (tertiary/aromatic N) is 2. The van der Waals surface area contributed by atoms with Crippen molar-refractivity contribution in [1.29, 1.82) is 0 Å². The van der Waals surface area contributed by atoms with E-state index in [4.69, 9.17) is 9.47 Å². The molecule has 5 heteroatoms. The average molecular weight is 260 g/mol. The van der Waals surface area contributed by atoms with Gasteiger partial charge in [-0.25, -0.2) is 4.98 Å². The van der Waals surface area contributed by atoms with E-state index in [1.165, 1.54) is 10.9 Å². The van der Waals surface area contributed by atoms with Gasteiger partial charge in [-0.3, -0.25) is 9.36 Å². The van der Waals surface area contributed by atoms with Crippen LogP contribution in [0.5, 0.6) is 11.5 Å². The second-order valence-corrected chi connectivity index (χ2v) is 4.57. The number of ether oxygens (including phenoxy) is 2. The Morgan fingerprint density at radius 3 is 2.68 bits per heavy atom. The molecule has 0 aliphatic heterocycles. The molecule has 0 radical (unpaired) electrons. The zero-order valence-corrected chi connectivity index (χ0v) is 11.2. The third-order valence-corrected chi connectivity index (χ3v) is 2.67. The van der Waals surface area contributed by atoms with Crippen molar-refractivity contribution < 1.29 is 14.3 Å². The summed E-state index contributed by atoms with van der Waals surface area (Å²) in [5.41, 5.74) is -0.993. The van der Waals surface area contributed by atoms with Crippen LogP contribution in [0.1, 0.15) is 18.6 Å². The summed E-state index contributed by atoms with van der Waals surface area (Å²) in [6.07, 6.45) is 4.61. The number of aromatic nitrogens is 2. The van der Waals surface area contributed by atoms with Gasteiger partial charge in [0.2, 0.25) is 0 Å². The van der Waals surface area contributed by atoms with Crippen molar-refractivity contribution in [1.82, 2.24) is 9.55 Å². The molecule has 0 fully saturated rings. The molecule has 100 valence electrons. The highest BCUT2D eigenvalue weighted by Crippen LogP contribution is 2.24. The van der Waals surface area contributed by atoms with Gasteiger partial charge < -0.3 is 9.47 Å². The Morgan fingerprint density at radius 2 is 2.05 bits per heavy atom. The van der Waals surface area contributed by atoms with Crippen molar-refractivity contribution in [2.75, 3.05) is 7.11 Å². The lowest BCUT2D eigenvalue weighted by Crippen LogP contribution is -2.41. The molecule has 0 aliphatic rings. The van der Waals surface area contributed by atoms with E-state index in [0.717, 1.165) is 0 Å². The van der Waals surface area contributed by atoms with Crippen LogP contribution in [0.15, 0.2) is 43.0 Å². The largest absolute Gasteiger partial charge is 0.497 e. The average Bonchev–Trinajstić information content (AvgIpc) is 2.91. The maximum atomic E-state index is 12.3.